The van der Waals surface area contributed by atoms with Crippen LogP contribution in [0.4, 0.5) is 5.95 Å². The summed E-state index contributed by atoms with van der Waals surface area (Å²) in [6.07, 6.45) is 4.13. The van der Waals surface area contributed by atoms with Gasteiger partial charge in [-0.2, -0.15) is 0 Å². The van der Waals surface area contributed by atoms with Crippen molar-refractivity contribution in [3.8, 4) is 11.3 Å². The summed E-state index contributed by atoms with van der Waals surface area (Å²) in [4.78, 5) is 15.4. The van der Waals surface area contributed by atoms with E-state index in [4.69, 9.17) is 32.9 Å². The lowest BCUT2D eigenvalue weighted by molar-refractivity contribution is 0.122. The van der Waals surface area contributed by atoms with Gasteiger partial charge in [-0.25, -0.2) is 9.97 Å². The van der Waals surface area contributed by atoms with E-state index in [1.54, 1.807) is 12.4 Å². The van der Waals surface area contributed by atoms with Gasteiger partial charge in [0.25, 0.3) is 0 Å². The molecule has 0 bridgehead atoms. The number of hydrogen-bond acceptors (Lipinski definition) is 5. The average molecular weight is 339 g/mol. The standard InChI is InChI=1S/C15H16Cl2N4O/c16-4-3-12-13(11-2-1-5-18-10-11)19-15(20-14(12)17)21-6-8-22-9-7-21/h1-2,5,10H,3-4,6-9H2. The first-order chi connectivity index (χ1) is 10.8. The third-order valence-corrected chi connectivity index (χ3v) is 4.02. The largest absolute Gasteiger partial charge is 0.378 e. The van der Waals surface area contributed by atoms with E-state index >= 15 is 0 Å². The number of morpholine rings is 1. The summed E-state index contributed by atoms with van der Waals surface area (Å²) in [5.74, 6) is 1.10. The monoisotopic (exact) mass is 338 g/mol. The molecule has 0 amide bonds. The molecule has 0 unspecified atom stereocenters. The fourth-order valence-electron chi connectivity index (χ4n) is 2.41. The van der Waals surface area contributed by atoms with Crippen LogP contribution in [0.2, 0.25) is 5.15 Å². The molecule has 2 aromatic heterocycles. The fourth-order valence-corrected chi connectivity index (χ4v) is 2.86. The average Bonchev–Trinajstić information content (AvgIpc) is 2.58. The number of aromatic nitrogens is 3. The molecule has 0 atom stereocenters. The van der Waals surface area contributed by atoms with Crippen LogP contribution in [0.25, 0.3) is 11.3 Å². The Morgan fingerprint density at radius 3 is 2.73 bits per heavy atom. The number of halogens is 2. The molecule has 3 heterocycles. The highest BCUT2D eigenvalue weighted by Crippen LogP contribution is 2.29. The fraction of sp³-hybridized carbons (Fsp3) is 0.400. The first kappa shape index (κ1) is 15.5. The van der Waals surface area contributed by atoms with E-state index in [2.05, 4.69) is 14.9 Å². The molecular weight excluding hydrogens is 323 g/mol. The van der Waals surface area contributed by atoms with Crippen LogP contribution >= 0.6 is 23.2 Å². The van der Waals surface area contributed by atoms with Gasteiger partial charge in [-0.05, 0) is 18.6 Å². The molecule has 5 nitrogen and oxygen atoms in total. The number of rotatable bonds is 4. The third kappa shape index (κ3) is 3.32. The second-order valence-corrected chi connectivity index (χ2v) is 5.66. The maximum Gasteiger partial charge on any atom is 0.227 e. The number of ether oxygens (including phenoxy) is 1. The Kier molecular flexibility index (Phi) is 5.08. The zero-order valence-corrected chi connectivity index (χ0v) is 13.5. The summed E-state index contributed by atoms with van der Waals surface area (Å²) in [5, 5.41) is 0.455. The van der Waals surface area contributed by atoms with Gasteiger partial charge in [-0.1, -0.05) is 11.6 Å². The number of anilines is 1. The molecule has 1 saturated heterocycles. The Labute approximate surface area is 139 Å². The summed E-state index contributed by atoms with van der Waals surface area (Å²) in [6.45, 7) is 2.87. The predicted octanol–water partition coefficient (Wildman–Crippen LogP) is 2.81. The predicted molar refractivity (Wildman–Crippen MR) is 87.7 cm³/mol. The lowest BCUT2D eigenvalue weighted by Crippen LogP contribution is -2.37. The zero-order chi connectivity index (χ0) is 15.4. The van der Waals surface area contributed by atoms with Crippen LogP contribution in [-0.4, -0.2) is 47.1 Å². The Morgan fingerprint density at radius 1 is 1.23 bits per heavy atom. The van der Waals surface area contributed by atoms with Crippen molar-refractivity contribution < 1.29 is 4.74 Å². The summed E-state index contributed by atoms with van der Waals surface area (Å²) in [7, 11) is 0. The topological polar surface area (TPSA) is 51.1 Å². The van der Waals surface area contributed by atoms with Crippen LogP contribution in [0.5, 0.6) is 0 Å². The van der Waals surface area contributed by atoms with Crippen LogP contribution in [-0.2, 0) is 11.2 Å². The summed E-state index contributed by atoms with van der Waals surface area (Å²) >= 11 is 12.3. The number of hydrogen-bond donors (Lipinski definition) is 0. The molecule has 0 aromatic carbocycles. The molecule has 22 heavy (non-hydrogen) atoms. The molecule has 3 rings (SSSR count). The molecule has 1 aliphatic rings. The van der Waals surface area contributed by atoms with E-state index in [0.717, 1.165) is 29.9 Å². The summed E-state index contributed by atoms with van der Waals surface area (Å²) in [6, 6.07) is 3.84. The molecule has 0 aliphatic carbocycles. The molecule has 2 aromatic rings. The smallest absolute Gasteiger partial charge is 0.227 e. The van der Waals surface area contributed by atoms with E-state index in [1.165, 1.54) is 0 Å². The van der Waals surface area contributed by atoms with Gasteiger partial charge in [0.1, 0.15) is 5.15 Å². The maximum absolute atomic E-state index is 6.39. The SMILES string of the molecule is ClCCc1c(Cl)nc(N2CCOCC2)nc1-c1cccnc1. The number of nitrogens with zero attached hydrogens (tertiary/aromatic N) is 4. The highest BCUT2D eigenvalue weighted by molar-refractivity contribution is 6.30. The Hall–Kier alpha value is -1.43. The molecule has 0 radical (unpaired) electrons. The first-order valence-electron chi connectivity index (χ1n) is 7.15. The lowest BCUT2D eigenvalue weighted by Gasteiger charge is -2.27. The van der Waals surface area contributed by atoms with Gasteiger partial charge in [0.05, 0.1) is 18.9 Å². The van der Waals surface area contributed by atoms with Gasteiger partial charge in [0.15, 0.2) is 0 Å². The summed E-state index contributed by atoms with van der Waals surface area (Å²) < 4.78 is 5.37. The van der Waals surface area contributed by atoms with Crippen molar-refractivity contribution in [2.75, 3.05) is 37.1 Å². The Morgan fingerprint density at radius 2 is 2.05 bits per heavy atom. The second-order valence-electron chi connectivity index (χ2n) is 4.92. The van der Waals surface area contributed by atoms with Crippen LogP contribution < -0.4 is 4.90 Å². The molecule has 1 aliphatic heterocycles. The van der Waals surface area contributed by atoms with Gasteiger partial charge < -0.3 is 9.64 Å². The molecule has 1 fully saturated rings. The van der Waals surface area contributed by atoms with E-state index in [-0.39, 0.29) is 0 Å². The van der Waals surface area contributed by atoms with Crippen molar-refractivity contribution in [3.05, 3.63) is 35.2 Å². The van der Waals surface area contributed by atoms with Crippen molar-refractivity contribution in [2.45, 2.75) is 6.42 Å². The quantitative estimate of drug-likeness (QED) is 0.633. The van der Waals surface area contributed by atoms with E-state index in [1.807, 2.05) is 12.1 Å². The van der Waals surface area contributed by atoms with Crippen molar-refractivity contribution in [3.63, 3.8) is 0 Å². The maximum atomic E-state index is 6.39. The van der Waals surface area contributed by atoms with Crippen LogP contribution in [0.1, 0.15) is 5.56 Å². The molecule has 0 N–H and O–H groups in total. The number of pyridine rings is 1. The van der Waals surface area contributed by atoms with E-state index < -0.39 is 0 Å². The minimum absolute atomic E-state index is 0.455. The van der Waals surface area contributed by atoms with Gasteiger partial charge in [0, 0.05) is 42.5 Å². The first-order valence-corrected chi connectivity index (χ1v) is 8.06. The summed E-state index contributed by atoms with van der Waals surface area (Å²) in [5.41, 5.74) is 2.58. The van der Waals surface area contributed by atoms with Crippen LogP contribution in [0.15, 0.2) is 24.5 Å². The Bertz CT molecular complexity index is 633. The van der Waals surface area contributed by atoms with Crippen molar-refractivity contribution in [1.29, 1.82) is 0 Å². The molecular formula is C15H16Cl2N4O. The molecule has 0 saturated carbocycles. The van der Waals surface area contributed by atoms with Crippen molar-refractivity contribution in [1.82, 2.24) is 15.0 Å². The minimum atomic E-state index is 0.455. The van der Waals surface area contributed by atoms with E-state index in [0.29, 0.717) is 36.6 Å². The molecule has 7 heteroatoms. The zero-order valence-electron chi connectivity index (χ0n) is 12.0. The normalized spacial score (nSPS) is 15.1. The minimum Gasteiger partial charge on any atom is -0.378 e. The highest BCUT2D eigenvalue weighted by Gasteiger charge is 2.19. The van der Waals surface area contributed by atoms with Gasteiger partial charge in [-0.15, -0.1) is 11.6 Å². The Balaban J connectivity index is 2.05. The van der Waals surface area contributed by atoms with Gasteiger partial charge >= 0.3 is 0 Å². The molecule has 0 spiro atoms. The lowest BCUT2D eigenvalue weighted by atomic mass is 10.1. The highest BCUT2D eigenvalue weighted by atomic mass is 35.5. The second kappa shape index (κ2) is 7.22. The van der Waals surface area contributed by atoms with E-state index in [9.17, 15) is 0 Å². The third-order valence-electron chi connectivity index (χ3n) is 3.52. The van der Waals surface area contributed by atoms with Crippen LogP contribution in [0, 0.1) is 0 Å². The van der Waals surface area contributed by atoms with Gasteiger partial charge in [0.2, 0.25) is 5.95 Å². The van der Waals surface area contributed by atoms with Gasteiger partial charge in [-0.3, -0.25) is 4.98 Å². The number of alkyl halides is 1. The molecule has 116 valence electrons. The van der Waals surface area contributed by atoms with Crippen molar-refractivity contribution >= 4 is 29.2 Å². The van der Waals surface area contributed by atoms with Crippen LogP contribution in [0.3, 0.4) is 0 Å². The van der Waals surface area contributed by atoms with Crippen molar-refractivity contribution in [2.24, 2.45) is 0 Å².